The number of aryl methyl sites for hydroxylation is 1. The number of sulfone groups is 1. The van der Waals surface area contributed by atoms with Crippen LogP contribution in [0.5, 0.6) is 0 Å². The molecule has 0 aliphatic carbocycles. The van der Waals surface area contributed by atoms with Crippen LogP contribution in [0, 0.1) is 12.7 Å². The molecular formula is C15H13BrFNO2S. The molecule has 0 aromatic heterocycles. The molecular weight excluding hydrogens is 357 g/mol. The van der Waals surface area contributed by atoms with Crippen LogP contribution < -0.4 is 5.32 Å². The average Bonchev–Trinajstić information content (AvgIpc) is 2.68. The number of halogens is 2. The smallest absolute Gasteiger partial charge is 0.181 e. The highest BCUT2D eigenvalue weighted by Crippen LogP contribution is 2.36. The van der Waals surface area contributed by atoms with Gasteiger partial charge in [-0.05, 0) is 52.2 Å². The van der Waals surface area contributed by atoms with Gasteiger partial charge in [-0.3, -0.25) is 0 Å². The third kappa shape index (κ3) is 2.58. The predicted octanol–water partition coefficient (Wildman–Crippen LogP) is 3.84. The summed E-state index contributed by atoms with van der Waals surface area (Å²) in [5, 5.41) is 3.21. The molecule has 110 valence electrons. The predicted molar refractivity (Wildman–Crippen MR) is 83.7 cm³/mol. The first-order valence-corrected chi connectivity index (χ1v) is 8.87. The van der Waals surface area contributed by atoms with Crippen LogP contribution in [0.1, 0.15) is 17.2 Å². The van der Waals surface area contributed by atoms with Crippen molar-refractivity contribution >= 4 is 31.5 Å². The third-order valence-corrected chi connectivity index (χ3v) is 6.03. The van der Waals surface area contributed by atoms with E-state index in [0.717, 1.165) is 16.8 Å². The van der Waals surface area contributed by atoms with Crippen molar-refractivity contribution in [2.24, 2.45) is 0 Å². The van der Waals surface area contributed by atoms with Gasteiger partial charge in [-0.25, -0.2) is 12.8 Å². The van der Waals surface area contributed by atoms with Crippen LogP contribution in [0.2, 0.25) is 0 Å². The van der Waals surface area contributed by atoms with Gasteiger partial charge in [0.2, 0.25) is 0 Å². The molecule has 0 fully saturated rings. The summed E-state index contributed by atoms with van der Waals surface area (Å²) in [6.45, 7) is 1.78. The third-order valence-electron chi connectivity index (χ3n) is 3.61. The molecule has 2 aromatic carbocycles. The normalized spacial score (nSPS) is 19.3. The van der Waals surface area contributed by atoms with E-state index in [2.05, 4.69) is 21.2 Å². The van der Waals surface area contributed by atoms with Crippen molar-refractivity contribution < 1.29 is 12.8 Å². The number of fused-ring (bicyclic) bond motifs is 1. The van der Waals surface area contributed by atoms with E-state index in [1.54, 1.807) is 25.1 Å². The Bertz CT molecular complexity index is 820. The molecule has 0 bridgehead atoms. The highest BCUT2D eigenvalue weighted by atomic mass is 79.9. The van der Waals surface area contributed by atoms with Gasteiger partial charge in [-0.15, -0.1) is 0 Å². The Labute approximate surface area is 131 Å². The fourth-order valence-electron chi connectivity index (χ4n) is 2.56. The van der Waals surface area contributed by atoms with Gasteiger partial charge in [-0.2, -0.15) is 0 Å². The van der Waals surface area contributed by atoms with E-state index in [1.807, 2.05) is 12.1 Å². The molecule has 21 heavy (non-hydrogen) atoms. The van der Waals surface area contributed by atoms with Crippen molar-refractivity contribution in [3.8, 4) is 0 Å². The van der Waals surface area contributed by atoms with Gasteiger partial charge in [0.1, 0.15) is 5.82 Å². The second-order valence-corrected chi connectivity index (χ2v) is 7.95. The summed E-state index contributed by atoms with van der Waals surface area (Å²) in [5.41, 5.74) is 2.22. The number of rotatable bonds is 2. The number of nitrogens with one attached hydrogen (secondary N) is 1. The summed E-state index contributed by atoms with van der Waals surface area (Å²) >= 11 is 3.15. The number of anilines is 1. The van der Waals surface area contributed by atoms with Gasteiger partial charge in [-0.1, -0.05) is 18.2 Å². The van der Waals surface area contributed by atoms with Crippen molar-refractivity contribution in [3.63, 3.8) is 0 Å². The molecule has 1 aliphatic heterocycles. The molecule has 0 saturated heterocycles. The second-order valence-electron chi connectivity index (χ2n) is 5.10. The van der Waals surface area contributed by atoms with Crippen LogP contribution in [-0.2, 0) is 9.84 Å². The maximum atomic E-state index is 13.5. The quantitative estimate of drug-likeness (QED) is 0.874. The highest BCUT2D eigenvalue weighted by molar-refractivity contribution is 9.10. The molecule has 1 aliphatic rings. The zero-order valence-corrected chi connectivity index (χ0v) is 13.6. The van der Waals surface area contributed by atoms with E-state index in [4.69, 9.17) is 0 Å². The van der Waals surface area contributed by atoms with Crippen LogP contribution in [0.15, 0.2) is 45.8 Å². The first-order valence-electron chi connectivity index (χ1n) is 6.42. The number of benzene rings is 2. The van der Waals surface area contributed by atoms with Crippen LogP contribution in [0.3, 0.4) is 0 Å². The molecule has 0 radical (unpaired) electrons. The zero-order valence-electron chi connectivity index (χ0n) is 11.2. The maximum Gasteiger partial charge on any atom is 0.181 e. The lowest BCUT2D eigenvalue weighted by atomic mass is 10.1. The van der Waals surface area contributed by atoms with Crippen molar-refractivity contribution in [1.29, 1.82) is 0 Å². The summed E-state index contributed by atoms with van der Waals surface area (Å²) in [7, 11) is -3.25. The van der Waals surface area contributed by atoms with Crippen LogP contribution in [0.4, 0.5) is 10.1 Å². The Kier molecular flexibility index (Phi) is 3.53. The maximum absolute atomic E-state index is 13.5. The fraction of sp³-hybridized carbons (Fsp3) is 0.200. The molecule has 1 N–H and O–H groups in total. The van der Waals surface area contributed by atoms with Gasteiger partial charge in [0.25, 0.3) is 0 Å². The van der Waals surface area contributed by atoms with Crippen LogP contribution >= 0.6 is 15.9 Å². The lowest BCUT2D eigenvalue weighted by molar-refractivity contribution is 0.598. The van der Waals surface area contributed by atoms with E-state index in [-0.39, 0.29) is 17.6 Å². The Hall–Kier alpha value is -1.40. The minimum Gasteiger partial charge on any atom is -0.377 e. The number of hydrogen-bond donors (Lipinski definition) is 1. The lowest BCUT2D eigenvalue weighted by Gasteiger charge is -2.16. The SMILES string of the molecule is Cc1cc(F)c(Br)cc1NC1CS(=O)(=O)c2ccccc21. The van der Waals surface area contributed by atoms with E-state index in [9.17, 15) is 12.8 Å². The minimum atomic E-state index is -3.25. The Morgan fingerprint density at radius 3 is 2.76 bits per heavy atom. The molecule has 1 unspecified atom stereocenters. The van der Waals surface area contributed by atoms with Crippen molar-refractivity contribution in [2.45, 2.75) is 17.9 Å². The summed E-state index contributed by atoms with van der Waals surface area (Å²) in [6, 6.07) is 9.72. The lowest BCUT2D eigenvalue weighted by Crippen LogP contribution is -2.13. The Balaban J connectivity index is 2.00. The standard InChI is InChI=1S/C15H13BrFNO2S/c1-9-6-12(17)11(16)7-13(9)18-14-8-21(19,20)15-5-3-2-4-10(14)15/h2-7,14,18H,8H2,1H3. The topological polar surface area (TPSA) is 46.2 Å². The molecule has 0 spiro atoms. The molecule has 1 heterocycles. The second kappa shape index (κ2) is 5.10. The van der Waals surface area contributed by atoms with Gasteiger partial charge in [0.05, 0.1) is 21.2 Å². The molecule has 2 aromatic rings. The molecule has 0 saturated carbocycles. The van der Waals surface area contributed by atoms with Crippen LogP contribution in [0.25, 0.3) is 0 Å². The fourth-order valence-corrected chi connectivity index (χ4v) is 4.64. The van der Waals surface area contributed by atoms with Crippen molar-refractivity contribution in [3.05, 3.63) is 57.8 Å². The molecule has 6 heteroatoms. The molecule has 3 nitrogen and oxygen atoms in total. The minimum absolute atomic E-state index is 0.0147. The summed E-state index contributed by atoms with van der Waals surface area (Å²) in [4.78, 5) is 0.376. The molecule has 1 atom stereocenters. The van der Waals surface area contributed by atoms with E-state index < -0.39 is 9.84 Å². The van der Waals surface area contributed by atoms with Gasteiger partial charge < -0.3 is 5.32 Å². The van der Waals surface area contributed by atoms with Gasteiger partial charge >= 0.3 is 0 Å². The molecule has 3 rings (SSSR count). The van der Waals surface area contributed by atoms with E-state index >= 15 is 0 Å². The van der Waals surface area contributed by atoms with Crippen LogP contribution in [-0.4, -0.2) is 14.2 Å². The van der Waals surface area contributed by atoms with Gasteiger partial charge in [0, 0.05) is 5.69 Å². The zero-order chi connectivity index (χ0) is 15.2. The number of hydrogen-bond acceptors (Lipinski definition) is 3. The first kappa shape index (κ1) is 14.5. The van der Waals surface area contributed by atoms with E-state index in [1.165, 1.54) is 6.07 Å². The largest absolute Gasteiger partial charge is 0.377 e. The highest BCUT2D eigenvalue weighted by Gasteiger charge is 2.34. The van der Waals surface area contributed by atoms with Crippen molar-refractivity contribution in [1.82, 2.24) is 0 Å². The Morgan fingerprint density at radius 1 is 1.29 bits per heavy atom. The first-order chi connectivity index (χ1) is 9.88. The summed E-state index contributed by atoms with van der Waals surface area (Å²) in [6.07, 6.45) is 0. The van der Waals surface area contributed by atoms with Gasteiger partial charge in [0.15, 0.2) is 9.84 Å². The van der Waals surface area contributed by atoms with Crippen molar-refractivity contribution in [2.75, 3.05) is 11.1 Å². The average molecular weight is 370 g/mol. The van der Waals surface area contributed by atoms with E-state index in [0.29, 0.717) is 9.37 Å². The Morgan fingerprint density at radius 2 is 2.00 bits per heavy atom. The summed E-state index contributed by atoms with van der Waals surface area (Å²) in [5.74, 6) is -0.321. The molecule has 0 amide bonds. The monoisotopic (exact) mass is 369 g/mol. The summed E-state index contributed by atoms with van der Waals surface area (Å²) < 4.78 is 38.1.